The molecule has 0 amide bonds. The quantitative estimate of drug-likeness (QED) is 0.189. The molecule has 2 fully saturated rings. The SMILES string of the molecule is Cc1c(Cl)c(C(F)(F)F)nn1CC(C(=O)C(Cn1nc(C(F)(F)F)c(Cl)c1C)N1CCN(c2ncnc3nc[nH]c23)CC1)N1CCN(c2ncnc3nc[nH]c23)CC1. The summed E-state index contributed by atoms with van der Waals surface area (Å²) in [6, 6.07) is -2.23. The molecular weight excluding hydrogens is 821 g/mol. The molecule has 2 aliphatic heterocycles. The number of nitrogens with zero attached hydrogens (tertiary/aromatic N) is 14. The number of rotatable bonds is 10. The molecule has 6 aromatic heterocycles. The Labute approximate surface area is 334 Å². The van der Waals surface area contributed by atoms with Crippen LogP contribution in [-0.4, -0.2) is 139 Å². The average Bonchev–Trinajstić information content (AvgIpc) is 4.00. The topological polar surface area (TPSA) is 175 Å². The van der Waals surface area contributed by atoms with Crippen LogP contribution in [0.15, 0.2) is 25.3 Å². The predicted octanol–water partition coefficient (Wildman–Crippen LogP) is 4.02. The van der Waals surface area contributed by atoms with Gasteiger partial charge in [0.25, 0.3) is 0 Å². The minimum Gasteiger partial charge on any atom is -0.352 e. The molecule has 2 N–H and O–H groups in total. The van der Waals surface area contributed by atoms with Gasteiger partial charge in [0.15, 0.2) is 40.1 Å². The van der Waals surface area contributed by atoms with Gasteiger partial charge in [-0.05, 0) is 13.8 Å². The Hall–Kier alpha value is -5.13. The lowest BCUT2D eigenvalue weighted by atomic mass is 9.99. The van der Waals surface area contributed by atoms with Crippen LogP contribution in [0.1, 0.15) is 22.8 Å². The standard InChI is InChI=1S/C33H34Cl2F6N16O/c1-17-21(34)26(32(36,37)38)50-56(17)11-19(52-3-7-54(8-4-52)30-23-28(44-13-42-23)46-15-48-30)25(58)20(12-57-18(2)22(35)27(51-57)33(39,40)41)53-5-9-55(10-6-53)31-24-29(45-14-43-24)47-16-49-31/h13-16,19-20H,3-12H2,1-2H3,(H,42,44,46,48)(H,43,45,47,49). The van der Waals surface area contributed by atoms with Gasteiger partial charge in [0.2, 0.25) is 0 Å². The van der Waals surface area contributed by atoms with Crippen molar-refractivity contribution in [2.24, 2.45) is 0 Å². The summed E-state index contributed by atoms with van der Waals surface area (Å²) in [6.45, 7) is 4.55. The molecule has 2 saturated heterocycles. The highest BCUT2D eigenvalue weighted by Crippen LogP contribution is 2.37. The van der Waals surface area contributed by atoms with E-state index in [0.29, 0.717) is 60.1 Å². The van der Waals surface area contributed by atoms with Crippen molar-refractivity contribution in [1.82, 2.24) is 69.2 Å². The van der Waals surface area contributed by atoms with Gasteiger partial charge in [0.1, 0.15) is 23.7 Å². The lowest BCUT2D eigenvalue weighted by molar-refractivity contribution is -0.142. The lowest BCUT2D eigenvalue weighted by Gasteiger charge is -2.43. The third-order valence-corrected chi connectivity index (χ3v) is 11.6. The van der Waals surface area contributed by atoms with Crippen LogP contribution >= 0.6 is 23.2 Å². The number of alkyl halides is 6. The second kappa shape index (κ2) is 15.2. The number of aromatic amines is 2. The van der Waals surface area contributed by atoms with Crippen LogP contribution in [-0.2, 0) is 30.2 Å². The second-order valence-corrected chi connectivity index (χ2v) is 14.7. The molecule has 2 atom stereocenters. The summed E-state index contributed by atoms with van der Waals surface area (Å²) in [4.78, 5) is 54.6. The van der Waals surface area contributed by atoms with Crippen LogP contribution in [0.4, 0.5) is 38.0 Å². The molecule has 25 heteroatoms. The fourth-order valence-corrected chi connectivity index (χ4v) is 8.05. The fourth-order valence-electron chi connectivity index (χ4n) is 7.56. The van der Waals surface area contributed by atoms with Gasteiger partial charge in [-0.15, -0.1) is 0 Å². The largest absolute Gasteiger partial charge is 0.436 e. The number of hydrogen-bond donors (Lipinski definition) is 2. The van der Waals surface area contributed by atoms with Gasteiger partial charge in [0, 0.05) is 52.4 Å². The van der Waals surface area contributed by atoms with E-state index in [1.807, 2.05) is 19.6 Å². The number of aromatic nitrogens is 12. The van der Waals surface area contributed by atoms with Gasteiger partial charge in [-0.2, -0.15) is 36.5 Å². The van der Waals surface area contributed by atoms with Crippen molar-refractivity contribution >= 4 is 62.9 Å². The summed E-state index contributed by atoms with van der Waals surface area (Å²) < 4.78 is 86.1. The Kier molecular flexibility index (Phi) is 10.4. The van der Waals surface area contributed by atoms with E-state index < -0.39 is 51.7 Å². The minimum absolute atomic E-state index is 0.00212. The first-order chi connectivity index (χ1) is 27.6. The Morgan fingerprint density at radius 3 is 1.36 bits per heavy atom. The van der Waals surface area contributed by atoms with Crippen LogP contribution < -0.4 is 9.80 Å². The lowest BCUT2D eigenvalue weighted by Crippen LogP contribution is -2.61. The van der Waals surface area contributed by atoms with E-state index in [1.165, 1.54) is 39.2 Å². The molecule has 8 heterocycles. The number of fused-ring (bicyclic) bond motifs is 2. The molecule has 0 saturated carbocycles. The summed E-state index contributed by atoms with van der Waals surface area (Å²) in [5.41, 5.74) is -0.425. The Morgan fingerprint density at radius 2 is 1.02 bits per heavy atom. The van der Waals surface area contributed by atoms with Gasteiger partial charge in [-0.1, -0.05) is 23.2 Å². The van der Waals surface area contributed by atoms with E-state index >= 15 is 4.79 Å². The highest BCUT2D eigenvalue weighted by Gasteiger charge is 2.43. The highest BCUT2D eigenvalue weighted by atomic mass is 35.5. The van der Waals surface area contributed by atoms with Gasteiger partial charge in [-0.25, -0.2) is 29.9 Å². The minimum atomic E-state index is -4.87. The van der Waals surface area contributed by atoms with E-state index in [9.17, 15) is 26.3 Å². The van der Waals surface area contributed by atoms with Crippen molar-refractivity contribution in [2.75, 3.05) is 62.2 Å². The second-order valence-electron chi connectivity index (χ2n) is 13.9. The first kappa shape index (κ1) is 39.7. The molecule has 8 rings (SSSR count). The third-order valence-electron chi connectivity index (χ3n) is 10.7. The zero-order chi connectivity index (χ0) is 41.1. The zero-order valence-corrected chi connectivity index (χ0v) is 32.2. The molecule has 17 nitrogen and oxygen atoms in total. The fraction of sp³-hybridized carbons (Fsp3) is 0.485. The monoisotopic (exact) mass is 854 g/mol. The van der Waals surface area contributed by atoms with Crippen molar-refractivity contribution in [1.29, 1.82) is 0 Å². The third kappa shape index (κ3) is 7.39. The van der Waals surface area contributed by atoms with Crippen LogP contribution in [0.3, 0.4) is 0 Å². The number of nitrogens with one attached hydrogen (secondary N) is 2. The number of hydrogen-bond acceptors (Lipinski definition) is 13. The smallest absolute Gasteiger partial charge is 0.352 e. The van der Waals surface area contributed by atoms with Crippen molar-refractivity contribution in [3.63, 3.8) is 0 Å². The van der Waals surface area contributed by atoms with Gasteiger partial charge < -0.3 is 19.8 Å². The molecule has 2 aliphatic rings. The maximum Gasteiger partial charge on any atom is 0.436 e. The van der Waals surface area contributed by atoms with E-state index in [-0.39, 0.29) is 50.7 Å². The first-order valence-electron chi connectivity index (χ1n) is 18.0. The summed E-state index contributed by atoms with van der Waals surface area (Å²) in [5, 5.41) is 6.42. The Morgan fingerprint density at radius 1 is 0.638 bits per heavy atom. The Bertz CT molecular complexity index is 2280. The van der Waals surface area contributed by atoms with E-state index in [0.717, 1.165) is 9.36 Å². The molecule has 0 radical (unpaired) electrons. The number of halogens is 8. The van der Waals surface area contributed by atoms with Crippen molar-refractivity contribution in [3.05, 3.63) is 58.1 Å². The van der Waals surface area contributed by atoms with E-state index in [1.54, 1.807) is 0 Å². The maximum atomic E-state index is 15.3. The normalized spacial score (nSPS) is 17.5. The molecule has 6 aromatic rings. The summed E-state index contributed by atoms with van der Waals surface area (Å²) in [6.07, 6.45) is -3.96. The molecule has 58 heavy (non-hydrogen) atoms. The number of piperazine rings is 2. The van der Waals surface area contributed by atoms with Crippen LogP contribution in [0, 0.1) is 13.8 Å². The molecule has 0 spiro atoms. The van der Waals surface area contributed by atoms with E-state index in [2.05, 4.69) is 50.1 Å². The Balaban J connectivity index is 1.14. The number of imidazole rings is 2. The number of ketones is 1. The van der Waals surface area contributed by atoms with Crippen molar-refractivity contribution in [2.45, 2.75) is 51.4 Å². The molecule has 0 aromatic carbocycles. The first-order valence-corrected chi connectivity index (χ1v) is 18.8. The summed E-state index contributed by atoms with van der Waals surface area (Å²) in [5.74, 6) is 0.720. The van der Waals surface area contributed by atoms with Crippen molar-refractivity contribution < 1.29 is 31.1 Å². The number of anilines is 2. The predicted molar refractivity (Wildman–Crippen MR) is 197 cm³/mol. The molecule has 308 valence electrons. The number of carbonyl (C=O) groups is 1. The molecular formula is C33H34Cl2F6N16O. The van der Waals surface area contributed by atoms with Crippen LogP contribution in [0.25, 0.3) is 22.3 Å². The highest BCUT2D eigenvalue weighted by molar-refractivity contribution is 6.32. The maximum absolute atomic E-state index is 15.3. The van der Waals surface area contributed by atoms with Gasteiger partial charge >= 0.3 is 12.4 Å². The van der Waals surface area contributed by atoms with Gasteiger partial charge in [-0.3, -0.25) is 24.0 Å². The van der Waals surface area contributed by atoms with Gasteiger partial charge in [0.05, 0.1) is 59.3 Å². The number of carbonyl (C=O) groups excluding carboxylic acids is 1. The van der Waals surface area contributed by atoms with E-state index in [4.69, 9.17) is 23.2 Å². The van der Waals surface area contributed by atoms with Crippen LogP contribution in [0.2, 0.25) is 10.0 Å². The van der Waals surface area contributed by atoms with Crippen molar-refractivity contribution in [3.8, 4) is 0 Å². The molecule has 2 unspecified atom stereocenters. The molecule has 0 bridgehead atoms. The average molecular weight is 856 g/mol. The summed E-state index contributed by atoms with van der Waals surface area (Å²) >= 11 is 12.3. The van der Waals surface area contributed by atoms with Crippen LogP contribution in [0.5, 0.6) is 0 Å². The number of Topliss-reactive ketones (excluding diaryl/α,β-unsaturated/α-hetero) is 1. The zero-order valence-electron chi connectivity index (χ0n) is 30.7. The summed E-state index contributed by atoms with van der Waals surface area (Å²) in [7, 11) is 0. The molecule has 0 aliphatic carbocycles. The number of H-pyrrole nitrogens is 2.